The van der Waals surface area contributed by atoms with E-state index >= 15 is 0 Å². The zero-order valence-electron chi connectivity index (χ0n) is 12.0. The van der Waals surface area contributed by atoms with Crippen LogP contribution < -0.4 is 4.90 Å². The summed E-state index contributed by atoms with van der Waals surface area (Å²) in [7, 11) is 0. The molecular formula is C17H15BrFNO2. The Kier molecular flexibility index (Phi) is 3.78. The Balaban J connectivity index is 2.26. The van der Waals surface area contributed by atoms with Gasteiger partial charge in [-0.15, -0.1) is 0 Å². The Bertz CT molecular complexity index is 749. The molecule has 2 aromatic carbocycles. The highest BCUT2D eigenvalue weighted by Crippen LogP contribution is 2.46. The van der Waals surface area contributed by atoms with Crippen molar-refractivity contribution in [2.75, 3.05) is 11.4 Å². The molecule has 22 heavy (non-hydrogen) atoms. The fourth-order valence-corrected chi connectivity index (χ4v) is 3.26. The lowest BCUT2D eigenvalue weighted by atomic mass is 9.87. The average molecular weight is 364 g/mol. The van der Waals surface area contributed by atoms with E-state index in [1.807, 2.05) is 6.92 Å². The van der Waals surface area contributed by atoms with Crippen molar-refractivity contribution in [1.29, 1.82) is 0 Å². The first-order chi connectivity index (χ1) is 10.5. The number of aliphatic hydroxyl groups is 1. The molecular weight excluding hydrogens is 349 g/mol. The third-order valence-electron chi connectivity index (χ3n) is 3.91. The topological polar surface area (TPSA) is 40.5 Å². The summed E-state index contributed by atoms with van der Waals surface area (Å²) in [6, 6.07) is 11.0. The predicted octanol–water partition coefficient (Wildman–Crippen LogP) is 3.58. The van der Waals surface area contributed by atoms with Crippen molar-refractivity contribution >= 4 is 27.5 Å². The van der Waals surface area contributed by atoms with E-state index in [-0.39, 0.29) is 5.56 Å². The van der Waals surface area contributed by atoms with Gasteiger partial charge in [0, 0.05) is 22.1 Å². The molecule has 1 amide bonds. The molecule has 0 aromatic heterocycles. The molecule has 0 fully saturated rings. The Morgan fingerprint density at radius 3 is 2.64 bits per heavy atom. The Hall–Kier alpha value is -1.72. The predicted molar refractivity (Wildman–Crippen MR) is 86.2 cm³/mol. The monoisotopic (exact) mass is 363 g/mol. The molecule has 1 N–H and O–H groups in total. The maximum atomic E-state index is 14.2. The molecule has 0 saturated carbocycles. The van der Waals surface area contributed by atoms with Gasteiger partial charge in [-0.3, -0.25) is 4.79 Å². The summed E-state index contributed by atoms with van der Waals surface area (Å²) in [5, 5.41) is 11.1. The van der Waals surface area contributed by atoms with Crippen LogP contribution in [0.3, 0.4) is 0 Å². The van der Waals surface area contributed by atoms with Gasteiger partial charge in [-0.05, 0) is 24.6 Å². The molecule has 114 valence electrons. The lowest BCUT2D eigenvalue weighted by Gasteiger charge is -2.24. The van der Waals surface area contributed by atoms with Crippen LogP contribution in [0.2, 0.25) is 0 Å². The van der Waals surface area contributed by atoms with Gasteiger partial charge in [0.15, 0.2) is 5.60 Å². The number of carbonyl (C=O) groups excluding carboxylic acids is 1. The number of hydrogen-bond acceptors (Lipinski definition) is 2. The van der Waals surface area contributed by atoms with E-state index in [1.165, 1.54) is 23.1 Å². The van der Waals surface area contributed by atoms with E-state index < -0.39 is 17.3 Å². The number of rotatable bonds is 3. The number of hydrogen-bond donors (Lipinski definition) is 1. The average Bonchev–Trinajstić information content (AvgIpc) is 2.70. The van der Waals surface area contributed by atoms with Crippen molar-refractivity contribution in [3.63, 3.8) is 0 Å². The smallest absolute Gasteiger partial charge is 0.268 e. The van der Waals surface area contributed by atoms with E-state index in [0.29, 0.717) is 17.8 Å². The van der Waals surface area contributed by atoms with Crippen molar-refractivity contribution in [1.82, 2.24) is 0 Å². The van der Waals surface area contributed by atoms with Crippen LogP contribution in [0, 0.1) is 5.82 Å². The lowest BCUT2D eigenvalue weighted by molar-refractivity contribution is -0.132. The number of amides is 1. The zero-order valence-corrected chi connectivity index (χ0v) is 13.6. The second-order valence-corrected chi connectivity index (χ2v) is 6.22. The van der Waals surface area contributed by atoms with E-state index in [9.17, 15) is 14.3 Å². The molecule has 2 aromatic rings. The molecule has 1 aliphatic rings. The van der Waals surface area contributed by atoms with Crippen molar-refractivity contribution in [3.05, 3.63) is 63.9 Å². The summed E-state index contributed by atoms with van der Waals surface area (Å²) in [6.07, 6.45) is 0.741. The minimum atomic E-state index is -1.98. The Labute approximate surface area is 136 Å². The summed E-state index contributed by atoms with van der Waals surface area (Å²) in [4.78, 5) is 14.4. The van der Waals surface area contributed by atoms with E-state index in [4.69, 9.17) is 0 Å². The largest absolute Gasteiger partial charge is 0.372 e. The molecule has 3 rings (SSSR count). The van der Waals surface area contributed by atoms with Gasteiger partial charge in [0.05, 0.1) is 5.69 Å². The summed E-state index contributed by atoms with van der Waals surface area (Å²) in [5.74, 6) is -1.10. The summed E-state index contributed by atoms with van der Waals surface area (Å²) < 4.78 is 15.0. The van der Waals surface area contributed by atoms with Crippen LogP contribution >= 0.6 is 15.9 Å². The molecule has 1 aliphatic heterocycles. The SMILES string of the molecule is CCCN1C(=O)C(O)(c2ccccc2F)c2ccc(Br)cc21. The highest BCUT2D eigenvalue weighted by atomic mass is 79.9. The first-order valence-corrected chi connectivity index (χ1v) is 7.88. The quantitative estimate of drug-likeness (QED) is 0.905. The third kappa shape index (κ3) is 2.08. The number of nitrogens with zero attached hydrogens (tertiary/aromatic N) is 1. The van der Waals surface area contributed by atoms with Crippen LogP contribution in [-0.4, -0.2) is 17.6 Å². The maximum Gasteiger partial charge on any atom is 0.268 e. The zero-order chi connectivity index (χ0) is 15.9. The summed E-state index contributed by atoms with van der Waals surface area (Å²) in [6.45, 7) is 2.42. The highest BCUT2D eigenvalue weighted by molar-refractivity contribution is 9.10. The number of anilines is 1. The summed E-state index contributed by atoms with van der Waals surface area (Å²) >= 11 is 3.38. The minimum absolute atomic E-state index is 0.0119. The normalized spacial score (nSPS) is 20.4. The van der Waals surface area contributed by atoms with E-state index in [2.05, 4.69) is 15.9 Å². The second-order valence-electron chi connectivity index (χ2n) is 5.31. The second kappa shape index (κ2) is 5.48. The fraction of sp³-hybridized carbons (Fsp3) is 0.235. The van der Waals surface area contributed by atoms with E-state index in [1.54, 1.807) is 24.3 Å². The minimum Gasteiger partial charge on any atom is -0.372 e. The molecule has 1 heterocycles. The van der Waals surface area contributed by atoms with Gasteiger partial charge in [0.25, 0.3) is 5.91 Å². The Morgan fingerprint density at radius 1 is 1.23 bits per heavy atom. The molecule has 1 atom stereocenters. The highest BCUT2D eigenvalue weighted by Gasteiger charge is 2.52. The van der Waals surface area contributed by atoms with Crippen LogP contribution in [0.4, 0.5) is 10.1 Å². The van der Waals surface area contributed by atoms with Crippen LogP contribution in [0.15, 0.2) is 46.9 Å². The summed E-state index contributed by atoms with van der Waals surface area (Å²) in [5.41, 5.74) is -0.954. The number of halogens is 2. The van der Waals surface area contributed by atoms with Crippen LogP contribution in [0.25, 0.3) is 0 Å². The third-order valence-corrected chi connectivity index (χ3v) is 4.40. The Morgan fingerprint density at radius 2 is 1.95 bits per heavy atom. The first-order valence-electron chi connectivity index (χ1n) is 7.09. The molecule has 5 heteroatoms. The van der Waals surface area contributed by atoms with Crippen LogP contribution in [-0.2, 0) is 10.4 Å². The van der Waals surface area contributed by atoms with Crippen LogP contribution in [0.1, 0.15) is 24.5 Å². The molecule has 1 unspecified atom stereocenters. The molecule has 0 bridgehead atoms. The van der Waals surface area contributed by atoms with Gasteiger partial charge in [-0.1, -0.05) is 47.1 Å². The molecule has 0 aliphatic carbocycles. The fourth-order valence-electron chi connectivity index (χ4n) is 2.91. The van der Waals surface area contributed by atoms with Gasteiger partial charge in [-0.2, -0.15) is 0 Å². The van der Waals surface area contributed by atoms with Crippen molar-refractivity contribution in [2.45, 2.75) is 18.9 Å². The molecule has 0 spiro atoms. The van der Waals surface area contributed by atoms with Crippen molar-refractivity contribution < 1.29 is 14.3 Å². The first kappa shape index (κ1) is 15.2. The number of carbonyl (C=O) groups is 1. The molecule has 0 radical (unpaired) electrons. The van der Waals surface area contributed by atoms with Crippen molar-refractivity contribution in [2.24, 2.45) is 0 Å². The van der Waals surface area contributed by atoms with Crippen LogP contribution in [0.5, 0.6) is 0 Å². The standard InChI is InChI=1S/C17H15BrFNO2/c1-2-9-20-15-10-11(18)7-8-13(15)17(22,16(20)21)12-5-3-4-6-14(12)19/h3-8,10,22H,2,9H2,1H3. The van der Waals surface area contributed by atoms with Gasteiger partial charge >= 0.3 is 0 Å². The van der Waals surface area contributed by atoms with Crippen molar-refractivity contribution in [3.8, 4) is 0 Å². The van der Waals surface area contributed by atoms with E-state index in [0.717, 1.165) is 10.9 Å². The van der Waals surface area contributed by atoms with Gasteiger partial charge in [0.2, 0.25) is 0 Å². The van der Waals surface area contributed by atoms with Gasteiger partial charge < -0.3 is 10.0 Å². The maximum absolute atomic E-state index is 14.2. The number of fused-ring (bicyclic) bond motifs is 1. The number of benzene rings is 2. The molecule has 0 saturated heterocycles. The van der Waals surface area contributed by atoms with Gasteiger partial charge in [0.1, 0.15) is 5.82 Å². The van der Waals surface area contributed by atoms with Gasteiger partial charge in [-0.25, -0.2) is 4.39 Å². The lowest BCUT2D eigenvalue weighted by Crippen LogP contribution is -2.42. The molecule has 3 nitrogen and oxygen atoms in total.